The molecule has 0 aromatic heterocycles. The lowest BCUT2D eigenvalue weighted by molar-refractivity contribution is -0.398. The van der Waals surface area contributed by atoms with Crippen LogP contribution in [0, 0.1) is 0 Å². The fourth-order valence-electron chi connectivity index (χ4n) is 3.70. The van der Waals surface area contributed by atoms with Gasteiger partial charge in [0.2, 0.25) is 0 Å². The Morgan fingerprint density at radius 1 is 0.465 bits per heavy atom. The van der Waals surface area contributed by atoms with Crippen LogP contribution in [0.1, 0.15) is 33.1 Å². The van der Waals surface area contributed by atoms with Gasteiger partial charge in [-0.2, -0.15) is 79.0 Å². The highest BCUT2D eigenvalue weighted by Gasteiger charge is 2.82. The van der Waals surface area contributed by atoms with Gasteiger partial charge in [-0.3, -0.25) is 4.90 Å². The maximum absolute atomic E-state index is 13.9. The average Bonchev–Trinajstić information content (AvgIpc) is 2.78. The van der Waals surface area contributed by atoms with Gasteiger partial charge in [0.05, 0.1) is 12.2 Å². The first kappa shape index (κ1) is 41.6. The van der Waals surface area contributed by atoms with E-state index in [0.717, 1.165) is 0 Å². The zero-order valence-electron chi connectivity index (χ0n) is 22.1. The van der Waals surface area contributed by atoms with Crippen LogP contribution < -0.4 is 0 Å². The molecule has 0 aromatic carbocycles. The lowest BCUT2D eigenvalue weighted by atomic mass is 9.97. The standard InChI is InChI=1S/C21H28F18N2O2/c1-3-40(4-2)6-5-7-41(10-12(42)8-14(22,23)16(26,27)18(30,31)20(34,35)36)11-13(43)9-15(24,25)17(28,29)19(32,33)21(37,38)39/h12-13,42-43H,3-11H2,1-2H3. The van der Waals surface area contributed by atoms with Crippen molar-refractivity contribution in [3.63, 3.8) is 0 Å². The number of hydrogen-bond donors (Lipinski definition) is 2. The largest absolute Gasteiger partial charge is 0.460 e. The summed E-state index contributed by atoms with van der Waals surface area (Å²) < 4.78 is 236. The van der Waals surface area contributed by atoms with Gasteiger partial charge in [0, 0.05) is 25.9 Å². The maximum atomic E-state index is 13.9. The summed E-state index contributed by atoms with van der Waals surface area (Å²) >= 11 is 0. The van der Waals surface area contributed by atoms with Crippen molar-refractivity contribution < 1.29 is 89.2 Å². The first-order valence-electron chi connectivity index (χ1n) is 12.1. The summed E-state index contributed by atoms with van der Waals surface area (Å²) in [6.07, 6.45) is -26.1. The monoisotopic (exact) mass is 682 g/mol. The van der Waals surface area contributed by atoms with Crippen molar-refractivity contribution >= 4 is 0 Å². The van der Waals surface area contributed by atoms with Crippen molar-refractivity contribution in [2.75, 3.05) is 39.3 Å². The van der Waals surface area contributed by atoms with E-state index in [1.165, 1.54) is 0 Å². The Hall–Kier alpha value is -1.42. The van der Waals surface area contributed by atoms with Gasteiger partial charge in [-0.15, -0.1) is 0 Å². The van der Waals surface area contributed by atoms with Gasteiger partial charge >= 0.3 is 47.9 Å². The van der Waals surface area contributed by atoms with Crippen molar-refractivity contribution in [3.8, 4) is 0 Å². The summed E-state index contributed by atoms with van der Waals surface area (Å²) in [5.41, 5.74) is 0. The van der Waals surface area contributed by atoms with Crippen LogP contribution in [0.25, 0.3) is 0 Å². The normalized spacial score (nSPS) is 16.7. The molecule has 0 spiro atoms. The summed E-state index contributed by atoms with van der Waals surface area (Å²) in [6, 6.07) is 0. The molecule has 0 rings (SSSR count). The van der Waals surface area contributed by atoms with E-state index in [2.05, 4.69) is 0 Å². The Bertz CT molecular complexity index is 798. The number of aliphatic hydroxyl groups excluding tert-OH is 2. The fourth-order valence-corrected chi connectivity index (χ4v) is 3.70. The van der Waals surface area contributed by atoms with Crippen LogP contribution in [0.15, 0.2) is 0 Å². The fraction of sp³-hybridized carbons (Fsp3) is 1.00. The average molecular weight is 682 g/mol. The molecule has 0 fully saturated rings. The van der Waals surface area contributed by atoms with Crippen LogP contribution in [-0.2, 0) is 0 Å². The third-order valence-electron chi connectivity index (χ3n) is 6.18. The second-order valence-electron chi connectivity index (χ2n) is 9.56. The SMILES string of the molecule is CCN(CC)CCCN(CC(O)CC(F)(F)C(F)(F)C(F)(F)C(F)(F)F)CC(O)CC(F)(F)C(F)(F)C(F)(F)C(F)(F)F. The van der Waals surface area contributed by atoms with Gasteiger partial charge in [0.25, 0.3) is 0 Å². The number of aliphatic hydroxyl groups is 2. The first-order chi connectivity index (χ1) is 18.9. The highest BCUT2D eigenvalue weighted by molar-refractivity contribution is 5.02. The number of rotatable bonds is 18. The Kier molecular flexibility index (Phi) is 13.5. The lowest BCUT2D eigenvalue weighted by Crippen LogP contribution is -2.62. The molecular weight excluding hydrogens is 654 g/mol. The van der Waals surface area contributed by atoms with Crippen LogP contribution in [0.3, 0.4) is 0 Å². The molecule has 2 N–H and O–H groups in total. The molecule has 4 nitrogen and oxygen atoms in total. The molecule has 0 radical (unpaired) electrons. The van der Waals surface area contributed by atoms with Gasteiger partial charge in [0.15, 0.2) is 0 Å². The van der Waals surface area contributed by atoms with Crippen molar-refractivity contribution in [1.29, 1.82) is 0 Å². The summed E-state index contributed by atoms with van der Waals surface area (Å²) in [5.74, 6) is -41.5. The number of alkyl halides is 18. The number of hydrogen-bond acceptors (Lipinski definition) is 4. The van der Waals surface area contributed by atoms with E-state index < -0.39 is 92.6 Å². The minimum atomic E-state index is -7.31. The molecular formula is C21H28F18N2O2. The molecule has 2 unspecified atom stereocenters. The van der Waals surface area contributed by atoms with Gasteiger partial charge in [-0.05, 0) is 32.6 Å². The zero-order valence-corrected chi connectivity index (χ0v) is 22.1. The van der Waals surface area contributed by atoms with Crippen molar-refractivity contribution in [2.24, 2.45) is 0 Å². The van der Waals surface area contributed by atoms with Crippen LogP contribution in [0.2, 0.25) is 0 Å². The lowest BCUT2D eigenvalue weighted by Gasteiger charge is -2.36. The Morgan fingerprint density at radius 3 is 1.00 bits per heavy atom. The first-order valence-corrected chi connectivity index (χ1v) is 12.1. The zero-order chi connectivity index (χ0) is 34.7. The Balaban J connectivity index is 5.97. The van der Waals surface area contributed by atoms with Crippen molar-refractivity contribution in [1.82, 2.24) is 9.80 Å². The van der Waals surface area contributed by atoms with Crippen molar-refractivity contribution in [3.05, 3.63) is 0 Å². The molecule has 22 heteroatoms. The number of halogens is 18. The number of nitrogens with zero attached hydrogens (tertiary/aromatic N) is 2. The summed E-state index contributed by atoms with van der Waals surface area (Å²) in [4.78, 5) is 2.03. The molecule has 260 valence electrons. The second-order valence-corrected chi connectivity index (χ2v) is 9.56. The highest BCUT2D eigenvalue weighted by atomic mass is 19.4. The molecule has 0 aliphatic rings. The predicted molar refractivity (Wildman–Crippen MR) is 112 cm³/mol. The molecule has 0 heterocycles. The van der Waals surface area contributed by atoms with E-state index in [9.17, 15) is 89.2 Å². The van der Waals surface area contributed by atoms with E-state index in [1.54, 1.807) is 18.7 Å². The van der Waals surface area contributed by atoms with Crippen LogP contribution in [0.5, 0.6) is 0 Å². The molecule has 0 saturated heterocycles. The summed E-state index contributed by atoms with van der Waals surface area (Å²) in [5, 5.41) is 19.6. The Morgan fingerprint density at radius 2 is 0.744 bits per heavy atom. The molecule has 43 heavy (non-hydrogen) atoms. The van der Waals surface area contributed by atoms with E-state index in [0.29, 0.717) is 18.0 Å². The quantitative estimate of drug-likeness (QED) is 0.163. The molecule has 0 aliphatic carbocycles. The molecule has 0 saturated carbocycles. The molecule has 0 bridgehead atoms. The third-order valence-corrected chi connectivity index (χ3v) is 6.18. The van der Waals surface area contributed by atoms with Gasteiger partial charge in [0.1, 0.15) is 0 Å². The van der Waals surface area contributed by atoms with Crippen LogP contribution >= 0.6 is 0 Å². The molecule has 0 aromatic rings. The maximum Gasteiger partial charge on any atom is 0.460 e. The second kappa shape index (κ2) is 13.9. The van der Waals surface area contributed by atoms with E-state index in [1.807, 2.05) is 0 Å². The van der Waals surface area contributed by atoms with E-state index in [4.69, 9.17) is 0 Å². The summed E-state index contributed by atoms with van der Waals surface area (Å²) in [7, 11) is 0. The topological polar surface area (TPSA) is 46.9 Å². The smallest absolute Gasteiger partial charge is 0.392 e. The third kappa shape index (κ3) is 9.30. The van der Waals surface area contributed by atoms with Crippen LogP contribution in [0.4, 0.5) is 79.0 Å². The molecule has 0 aliphatic heterocycles. The molecule has 0 amide bonds. The van der Waals surface area contributed by atoms with E-state index >= 15 is 0 Å². The van der Waals surface area contributed by atoms with Gasteiger partial charge < -0.3 is 15.1 Å². The molecule has 2 atom stereocenters. The summed E-state index contributed by atoms with van der Waals surface area (Å²) in [6.45, 7) is 0.425. The van der Waals surface area contributed by atoms with Gasteiger partial charge in [-0.1, -0.05) is 13.8 Å². The van der Waals surface area contributed by atoms with Gasteiger partial charge in [-0.25, -0.2) is 0 Å². The van der Waals surface area contributed by atoms with Crippen molar-refractivity contribution in [2.45, 2.75) is 93.2 Å². The van der Waals surface area contributed by atoms with Crippen LogP contribution in [-0.4, -0.2) is 119 Å². The predicted octanol–water partition coefficient (Wildman–Crippen LogP) is 6.46. The minimum absolute atomic E-state index is 0.0633. The minimum Gasteiger partial charge on any atom is -0.392 e. The highest BCUT2D eigenvalue weighted by Crippen LogP contribution is 2.55. The Labute approximate surface area is 232 Å². The van der Waals surface area contributed by atoms with E-state index in [-0.39, 0.29) is 13.0 Å².